The number of benzene rings is 1. The highest BCUT2D eigenvalue weighted by molar-refractivity contribution is 7.13. The van der Waals surface area contributed by atoms with Crippen LogP contribution in [0.1, 0.15) is 21.1 Å². The van der Waals surface area contributed by atoms with Crippen molar-refractivity contribution in [3.05, 3.63) is 40.5 Å². The number of aryl methyl sites for hydroxylation is 1. The van der Waals surface area contributed by atoms with Crippen LogP contribution >= 0.6 is 11.3 Å². The smallest absolute Gasteiger partial charge is 0.234 e. The standard InChI is InChI=1S/C14H13N5O2S/c1-9-5-3-4-6-10(9)13-11(7-20)15-18-19(13)14-17-16-12(22-14)8-21-2/h3-7H,8H2,1-2H3. The van der Waals surface area contributed by atoms with Gasteiger partial charge in [0.05, 0.1) is 0 Å². The summed E-state index contributed by atoms with van der Waals surface area (Å²) in [5.74, 6) is 0. The third-order valence-electron chi connectivity index (χ3n) is 3.11. The first-order valence-corrected chi connectivity index (χ1v) is 7.34. The average molecular weight is 315 g/mol. The molecular weight excluding hydrogens is 302 g/mol. The summed E-state index contributed by atoms with van der Waals surface area (Å²) in [6.45, 7) is 2.35. The minimum Gasteiger partial charge on any atom is -0.377 e. The molecule has 0 fully saturated rings. The lowest BCUT2D eigenvalue weighted by Crippen LogP contribution is -2.00. The minimum atomic E-state index is 0.276. The molecule has 3 aromatic rings. The Kier molecular flexibility index (Phi) is 4.03. The van der Waals surface area contributed by atoms with Crippen LogP contribution in [0.15, 0.2) is 24.3 Å². The third-order valence-corrected chi connectivity index (χ3v) is 3.99. The Morgan fingerprint density at radius 2 is 2.09 bits per heavy atom. The number of ether oxygens (including phenoxy) is 1. The molecule has 3 rings (SSSR count). The van der Waals surface area contributed by atoms with E-state index in [9.17, 15) is 4.79 Å². The molecule has 2 heterocycles. The molecule has 1 aromatic carbocycles. The molecule has 0 aliphatic carbocycles. The molecule has 0 saturated carbocycles. The van der Waals surface area contributed by atoms with Crippen molar-refractivity contribution in [1.29, 1.82) is 0 Å². The van der Waals surface area contributed by atoms with Crippen molar-refractivity contribution in [2.24, 2.45) is 0 Å². The van der Waals surface area contributed by atoms with Gasteiger partial charge in [-0.1, -0.05) is 40.8 Å². The van der Waals surface area contributed by atoms with E-state index in [1.54, 1.807) is 11.8 Å². The summed E-state index contributed by atoms with van der Waals surface area (Å²) in [6.07, 6.45) is 0.697. The molecule has 7 nitrogen and oxygen atoms in total. The molecule has 0 aliphatic heterocycles. The van der Waals surface area contributed by atoms with Crippen molar-refractivity contribution in [2.75, 3.05) is 7.11 Å². The summed E-state index contributed by atoms with van der Waals surface area (Å²) < 4.78 is 6.59. The zero-order valence-electron chi connectivity index (χ0n) is 12.1. The molecule has 0 unspecified atom stereocenters. The second kappa shape index (κ2) is 6.12. The first-order valence-electron chi connectivity index (χ1n) is 6.53. The number of rotatable bonds is 5. The summed E-state index contributed by atoms with van der Waals surface area (Å²) in [7, 11) is 1.60. The second-order valence-electron chi connectivity index (χ2n) is 4.58. The van der Waals surface area contributed by atoms with Crippen LogP contribution in [-0.4, -0.2) is 38.6 Å². The van der Waals surface area contributed by atoms with Gasteiger partial charge in [0.25, 0.3) is 0 Å². The monoisotopic (exact) mass is 315 g/mol. The Bertz CT molecular complexity index is 811. The van der Waals surface area contributed by atoms with Crippen molar-refractivity contribution in [2.45, 2.75) is 13.5 Å². The number of carbonyl (C=O) groups excluding carboxylic acids is 1. The van der Waals surface area contributed by atoms with Crippen LogP contribution in [-0.2, 0) is 11.3 Å². The lowest BCUT2D eigenvalue weighted by molar-refractivity contribution is 0.111. The van der Waals surface area contributed by atoms with Crippen LogP contribution in [0.25, 0.3) is 16.4 Å². The van der Waals surface area contributed by atoms with Gasteiger partial charge >= 0.3 is 0 Å². The van der Waals surface area contributed by atoms with Gasteiger partial charge in [-0.25, -0.2) is 0 Å². The normalized spacial score (nSPS) is 10.8. The molecule has 8 heteroatoms. The third kappa shape index (κ3) is 2.53. The molecule has 0 N–H and O–H groups in total. The first-order chi connectivity index (χ1) is 10.7. The van der Waals surface area contributed by atoms with Gasteiger partial charge in [-0.05, 0) is 12.5 Å². The highest BCUT2D eigenvalue weighted by Gasteiger charge is 2.19. The maximum atomic E-state index is 11.3. The number of aromatic nitrogens is 5. The maximum absolute atomic E-state index is 11.3. The topological polar surface area (TPSA) is 82.8 Å². The molecule has 0 spiro atoms. The number of hydrogen-bond acceptors (Lipinski definition) is 7. The van der Waals surface area contributed by atoms with E-state index in [2.05, 4.69) is 20.5 Å². The van der Waals surface area contributed by atoms with Gasteiger partial charge in [0.1, 0.15) is 17.3 Å². The van der Waals surface area contributed by atoms with Crippen molar-refractivity contribution >= 4 is 17.6 Å². The van der Waals surface area contributed by atoms with Gasteiger partial charge in [-0.15, -0.1) is 15.3 Å². The van der Waals surface area contributed by atoms with Gasteiger partial charge in [0.15, 0.2) is 12.0 Å². The van der Waals surface area contributed by atoms with Crippen molar-refractivity contribution in [3.63, 3.8) is 0 Å². The summed E-state index contributed by atoms with van der Waals surface area (Å²) in [5, 5.41) is 17.4. The molecule has 0 radical (unpaired) electrons. The van der Waals surface area contributed by atoms with Crippen molar-refractivity contribution in [1.82, 2.24) is 25.2 Å². The van der Waals surface area contributed by atoms with Crippen LogP contribution in [0, 0.1) is 6.92 Å². The van der Waals surface area contributed by atoms with Gasteiger partial charge in [-0.3, -0.25) is 4.79 Å². The average Bonchev–Trinajstić information content (AvgIpc) is 3.14. The highest BCUT2D eigenvalue weighted by atomic mass is 32.1. The fraction of sp³-hybridized carbons (Fsp3) is 0.214. The van der Waals surface area contributed by atoms with Crippen LogP contribution in [0.2, 0.25) is 0 Å². The van der Waals surface area contributed by atoms with Gasteiger partial charge in [0, 0.05) is 12.7 Å². The zero-order valence-corrected chi connectivity index (χ0v) is 12.9. The number of aldehydes is 1. The summed E-state index contributed by atoms with van der Waals surface area (Å²) in [6, 6.07) is 7.74. The lowest BCUT2D eigenvalue weighted by atomic mass is 10.0. The summed E-state index contributed by atoms with van der Waals surface area (Å²) >= 11 is 1.35. The molecule has 0 aliphatic rings. The number of carbonyl (C=O) groups is 1. The van der Waals surface area contributed by atoms with Gasteiger partial charge < -0.3 is 4.74 Å². The number of methoxy groups -OCH3 is 1. The van der Waals surface area contributed by atoms with Gasteiger partial charge in [-0.2, -0.15) is 4.68 Å². The molecule has 0 bridgehead atoms. The molecule has 112 valence electrons. The fourth-order valence-electron chi connectivity index (χ4n) is 2.11. The first kappa shape index (κ1) is 14.5. The molecular formula is C14H13N5O2S. The summed E-state index contributed by atoms with van der Waals surface area (Å²) in [5.41, 5.74) is 2.81. The summed E-state index contributed by atoms with van der Waals surface area (Å²) in [4.78, 5) is 11.3. The van der Waals surface area contributed by atoms with E-state index in [4.69, 9.17) is 4.74 Å². The predicted octanol–water partition coefficient (Wildman–Crippen LogP) is 2.05. The quantitative estimate of drug-likeness (QED) is 0.670. The Balaban J connectivity index is 2.15. The van der Waals surface area contributed by atoms with Crippen LogP contribution in [0.4, 0.5) is 0 Å². The number of hydrogen-bond donors (Lipinski definition) is 0. The fourth-order valence-corrected chi connectivity index (χ4v) is 2.87. The van der Waals surface area contributed by atoms with Crippen LogP contribution in [0.3, 0.4) is 0 Å². The zero-order chi connectivity index (χ0) is 15.5. The largest absolute Gasteiger partial charge is 0.377 e. The lowest BCUT2D eigenvalue weighted by Gasteiger charge is -2.06. The predicted molar refractivity (Wildman–Crippen MR) is 81.1 cm³/mol. The van der Waals surface area contributed by atoms with E-state index < -0.39 is 0 Å². The van der Waals surface area contributed by atoms with Crippen molar-refractivity contribution < 1.29 is 9.53 Å². The van der Waals surface area contributed by atoms with Crippen LogP contribution < -0.4 is 0 Å². The Morgan fingerprint density at radius 1 is 1.27 bits per heavy atom. The Labute approximate surface area is 130 Å². The molecule has 2 aromatic heterocycles. The molecule has 0 saturated heterocycles. The second-order valence-corrected chi connectivity index (χ2v) is 5.62. The molecule has 0 amide bonds. The van der Waals surface area contributed by atoms with E-state index in [0.29, 0.717) is 23.7 Å². The van der Waals surface area contributed by atoms with Crippen LogP contribution in [0.5, 0.6) is 0 Å². The van der Waals surface area contributed by atoms with E-state index in [1.165, 1.54) is 11.3 Å². The minimum absolute atomic E-state index is 0.276. The number of nitrogens with zero attached hydrogens (tertiary/aromatic N) is 5. The SMILES string of the molecule is COCc1nnc(-n2nnc(C=O)c2-c2ccccc2C)s1. The maximum Gasteiger partial charge on any atom is 0.234 e. The van der Waals surface area contributed by atoms with E-state index in [1.807, 2.05) is 31.2 Å². The molecule has 0 atom stereocenters. The van der Waals surface area contributed by atoms with Crippen molar-refractivity contribution in [3.8, 4) is 16.4 Å². The van der Waals surface area contributed by atoms with E-state index in [0.717, 1.165) is 16.1 Å². The highest BCUT2D eigenvalue weighted by Crippen LogP contribution is 2.28. The Hall–Kier alpha value is -2.45. The van der Waals surface area contributed by atoms with Gasteiger partial charge in [0.2, 0.25) is 5.13 Å². The molecule has 22 heavy (non-hydrogen) atoms. The van der Waals surface area contributed by atoms with E-state index in [-0.39, 0.29) is 5.69 Å². The van der Waals surface area contributed by atoms with E-state index >= 15 is 0 Å². The Morgan fingerprint density at radius 3 is 2.82 bits per heavy atom.